The van der Waals surface area contributed by atoms with Crippen molar-refractivity contribution in [2.75, 3.05) is 7.11 Å². The zero-order valence-corrected chi connectivity index (χ0v) is 22.0. The number of aliphatic imine (C=N–C) groups is 1. The number of methoxy groups -OCH3 is 1. The maximum atomic E-state index is 13.4. The maximum Gasteiger partial charge on any atom is 0.363 e. The third-order valence-corrected chi connectivity index (χ3v) is 6.86. The number of cyclic esters (lactones) is 1. The van der Waals surface area contributed by atoms with Crippen LogP contribution in [-0.4, -0.2) is 19.0 Å². The molecular formula is C25H18FI2NO4. The second-order valence-electron chi connectivity index (χ2n) is 7.25. The monoisotopic (exact) mass is 669 g/mol. The summed E-state index contributed by atoms with van der Waals surface area (Å²) in [5, 5.41) is 0. The smallest absolute Gasteiger partial charge is 0.363 e. The fourth-order valence-corrected chi connectivity index (χ4v) is 4.33. The van der Waals surface area contributed by atoms with Crippen LogP contribution in [0, 0.1) is 19.9 Å². The Kier molecular flexibility index (Phi) is 7.32. The van der Waals surface area contributed by atoms with E-state index in [-0.39, 0.29) is 24.0 Å². The van der Waals surface area contributed by atoms with E-state index in [0.717, 1.165) is 18.3 Å². The van der Waals surface area contributed by atoms with Gasteiger partial charge in [0.2, 0.25) is 5.90 Å². The Bertz CT molecular complexity index is 1300. The first-order chi connectivity index (χ1) is 15.8. The molecule has 5 nitrogen and oxygen atoms in total. The molecule has 0 aromatic heterocycles. The van der Waals surface area contributed by atoms with Gasteiger partial charge in [0.1, 0.15) is 12.4 Å². The van der Waals surface area contributed by atoms with Crippen LogP contribution in [0.2, 0.25) is 0 Å². The van der Waals surface area contributed by atoms with Gasteiger partial charge in [-0.2, -0.15) is 0 Å². The molecule has 33 heavy (non-hydrogen) atoms. The predicted octanol–water partition coefficient (Wildman–Crippen LogP) is 6.28. The highest BCUT2D eigenvalue weighted by molar-refractivity contribution is 14.1. The summed E-state index contributed by atoms with van der Waals surface area (Å²) in [5.74, 6) is 0.485. The number of carbonyl (C=O) groups excluding carboxylic acids is 1. The highest BCUT2D eigenvalue weighted by Gasteiger charge is 2.25. The minimum Gasteiger partial charge on any atom is -0.493 e. The minimum atomic E-state index is -0.512. The normalized spacial score (nSPS) is 14.3. The number of carbonyl (C=O) groups is 1. The average molecular weight is 669 g/mol. The molecule has 1 aliphatic rings. The molecule has 0 spiro atoms. The molecule has 8 heteroatoms. The minimum absolute atomic E-state index is 0.194. The summed E-state index contributed by atoms with van der Waals surface area (Å²) in [6.45, 7) is 2.19. The summed E-state index contributed by atoms with van der Waals surface area (Å²) >= 11 is 4.39. The van der Waals surface area contributed by atoms with Crippen molar-refractivity contribution in [2.24, 2.45) is 4.99 Å². The lowest BCUT2D eigenvalue weighted by molar-refractivity contribution is -0.129. The fourth-order valence-electron chi connectivity index (χ4n) is 3.21. The Labute approximate surface area is 217 Å². The van der Waals surface area contributed by atoms with E-state index >= 15 is 0 Å². The zero-order valence-electron chi connectivity index (χ0n) is 17.7. The van der Waals surface area contributed by atoms with Gasteiger partial charge in [0.25, 0.3) is 0 Å². The Morgan fingerprint density at radius 1 is 1.09 bits per heavy atom. The molecule has 168 valence electrons. The number of benzene rings is 3. The Balaban J connectivity index is 1.59. The summed E-state index contributed by atoms with van der Waals surface area (Å²) < 4.78 is 32.1. The molecule has 0 bridgehead atoms. The van der Waals surface area contributed by atoms with Gasteiger partial charge in [-0.1, -0.05) is 12.1 Å². The number of hydrogen-bond donors (Lipinski definition) is 0. The summed E-state index contributed by atoms with van der Waals surface area (Å²) in [4.78, 5) is 16.8. The van der Waals surface area contributed by atoms with Crippen molar-refractivity contribution in [1.29, 1.82) is 0 Å². The number of aryl methyl sites for hydroxylation is 1. The number of rotatable bonds is 6. The van der Waals surface area contributed by atoms with Crippen LogP contribution in [0.3, 0.4) is 0 Å². The summed E-state index contributed by atoms with van der Waals surface area (Å²) in [6, 6.07) is 15.6. The molecular weight excluding hydrogens is 651 g/mol. The van der Waals surface area contributed by atoms with E-state index in [0.29, 0.717) is 22.6 Å². The number of ether oxygens (including phenoxy) is 3. The standard InChI is InChI=1S/C25H18FI2NO4/c1-14-8-17(6-7-19(14)27)24-29-21(25(30)33-24)11-16-10-20(28)23(22(12-16)31-2)32-13-15-4-3-5-18(26)9-15/h3-12H,13H2,1-2H3/b21-11-. The van der Waals surface area contributed by atoms with E-state index in [1.165, 1.54) is 19.2 Å². The van der Waals surface area contributed by atoms with E-state index in [4.69, 9.17) is 14.2 Å². The number of esters is 1. The first-order valence-electron chi connectivity index (χ1n) is 9.88. The summed E-state index contributed by atoms with van der Waals surface area (Å²) in [5.41, 5.74) is 3.45. The molecule has 0 unspecified atom stereocenters. The van der Waals surface area contributed by atoms with E-state index in [9.17, 15) is 9.18 Å². The fraction of sp³-hybridized carbons (Fsp3) is 0.120. The highest BCUT2D eigenvalue weighted by Crippen LogP contribution is 2.35. The van der Waals surface area contributed by atoms with Crippen LogP contribution in [0.1, 0.15) is 22.3 Å². The van der Waals surface area contributed by atoms with Gasteiger partial charge >= 0.3 is 5.97 Å². The van der Waals surface area contributed by atoms with Gasteiger partial charge in [-0.3, -0.25) is 0 Å². The van der Waals surface area contributed by atoms with Crippen molar-refractivity contribution >= 4 is 63.1 Å². The van der Waals surface area contributed by atoms with Crippen LogP contribution in [0.5, 0.6) is 11.5 Å². The quantitative estimate of drug-likeness (QED) is 0.176. The van der Waals surface area contributed by atoms with Gasteiger partial charge in [0, 0.05) is 9.13 Å². The van der Waals surface area contributed by atoms with Gasteiger partial charge in [-0.25, -0.2) is 14.2 Å². The summed E-state index contributed by atoms with van der Waals surface area (Å²) in [6.07, 6.45) is 1.65. The molecule has 0 aliphatic carbocycles. The van der Waals surface area contributed by atoms with Crippen LogP contribution < -0.4 is 9.47 Å². The van der Waals surface area contributed by atoms with Gasteiger partial charge in [-0.05, 0) is 117 Å². The first kappa shape index (κ1) is 23.7. The maximum absolute atomic E-state index is 13.4. The lowest BCUT2D eigenvalue weighted by atomic mass is 10.1. The van der Waals surface area contributed by atoms with Crippen molar-refractivity contribution in [2.45, 2.75) is 13.5 Å². The molecule has 3 aromatic carbocycles. The summed E-state index contributed by atoms with van der Waals surface area (Å²) in [7, 11) is 1.54. The van der Waals surface area contributed by atoms with Gasteiger partial charge in [0.05, 0.1) is 10.7 Å². The van der Waals surface area contributed by atoms with E-state index in [1.807, 2.05) is 31.2 Å². The molecule has 0 atom stereocenters. The number of nitrogens with zero attached hydrogens (tertiary/aromatic N) is 1. The lowest BCUT2D eigenvalue weighted by Crippen LogP contribution is -2.05. The first-order valence-corrected chi connectivity index (χ1v) is 12.0. The molecule has 0 N–H and O–H groups in total. The van der Waals surface area contributed by atoms with Crippen molar-refractivity contribution in [3.05, 3.63) is 95.5 Å². The number of halogens is 3. The van der Waals surface area contributed by atoms with E-state index < -0.39 is 5.97 Å². The van der Waals surface area contributed by atoms with Crippen LogP contribution in [0.4, 0.5) is 4.39 Å². The van der Waals surface area contributed by atoms with E-state index in [2.05, 4.69) is 50.2 Å². The Hall–Kier alpha value is -2.47. The largest absolute Gasteiger partial charge is 0.493 e. The van der Waals surface area contributed by atoms with E-state index in [1.54, 1.807) is 24.3 Å². The van der Waals surface area contributed by atoms with Crippen LogP contribution in [0.25, 0.3) is 6.08 Å². The second-order valence-corrected chi connectivity index (χ2v) is 9.58. The van der Waals surface area contributed by atoms with Crippen LogP contribution >= 0.6 is 45.2 Å². The predicted molar refractivity (Wildman–Crippen MR) is 141 cm³/mol. The lowest BCUT2D eigenvalue weighted by Gasteiger charge is -2.14. The SMILES string of the molecule is COc1cc(/C=C2\N=C(c3ccc(I)c(C)c3)OC2=O)cc(I)c1OCc1cccc(F)c1. The molecule has 0 fully saturated rings. The molecule has 0 saturated carbocycles. The molecule has 1 heterocycles. The Morgan fingerprint density at radius 2 is 1.91 bits per heavy atom. The van der Waals surface area contributed by atoms with Gasteiger partial charge < -0.3 is 14.2 Å². The van der Waals surface area contributed by atoms with Gasteiger partial charge in [-0.15, -0.1) is 0 Å². The van der Waals surface area contributed by atoms with Crippen molar-refractivity contribution < 1.29 is 23.4 Å². The molecule has 0 radical (unpaired) electrons. The Morgan fingerprint density at radius 3 is 2.64 bits per heavy atom. The molecule has 3 aromatic rings. The molecule has 1 aliphatic heterocycles. The van der Waals surface area contributed by atoms with Crippen LogP contribution in [0.15, 0.2) is 65.3 Å². The van der Waals surface area contributed by atoms with Crippen LogP contribution in [-0.2, 0) is 16.1 Å². The third-order valence-electron chi connectivity index (χ3n) is 4.85. The van der Waals surface area contributed by atoms with Crippen molar-refractivity contribution in [3.63, 3.8) is 0 Å². The highest BCUT2D eigenvalue weighted by atomic mass is 127. The molecule has 0 amide bonds. The third kappa shape index (κ3) is 5.55. The zero-order chi connectivity index (χ0) is 23.5. The average Bonchev–Trinajstić information content (AvgIpc) is 3.14. The van der Waals surface area contributed by atoms with Gasteiger partial charge in [0.15, 0.2) is 17.2 Å². The second kappa shape index (κ2) is 10.2. The number of hydrogen-bond acceptors (Lipinski definition) is 5. The topological polar surface area (TPSA) is 57.1 Å². The van der Waals surface area contributed by atoms with Crippen molar-refractivity contribution in [1.82, 2.24) is 0 Å². The van der Waals surface area contributed by atoms with Crippen molar-refractivity contribution in [3.8, 4) is 11.5 Å². The molecule has 4 rings (SSSR count). The molecule has 0 saturated heterocycles.